The Morgan fingerprint density at radius 1 is 0.867 bits per heavy atom. The molecule has 1 aliphatic rings. The molecule has 0 aliphatic carbocycles. The summed E-state index contributed by atoms with van der Waals surface area (Å²) in [5.41, 5.74) is 4.90. The number of imide groups is 1. The third-order valence-electron chi connectivity index (χ3n) is 5.03. The van der Waals surface area contributed by atoms with Crippen molar-refractivity contribution in [3.05, 3.63) is 101 Å². The monoisotopic (exact) mass is 393 g/mol. The highest BCUT2D eigenvalue weighted by molar-refractivity contribution is 6.46. The summed E-state index contributed by atoms with van der Waals surface area (Å²) in [6.07, 6.45) is 0. The minimum atomic E-state index is -0.427. The van der Waals surface area contributed by atoms with Gasteiger partial charge < -0.3 is 5.32 Å². The maximum Gasteiger partial charge on any atom is 0.282 e. The van der Waals surface area contributed by atoms with Crippen molar-refractivity contribution in [2.75, 3.05) is 10.2 Å². The van der Waals surface area contributed by atoms with Crippen molar-refractivity contribution >= 4 is 28.8 Å². The molecule has 0 bridgehead atoms. The summed E-state index contributed by atoms with van der Waals surface area (Å²) in [5, 5.41) is 12.2. The van der Waals surface area contributed by atoms with E-state index in [0.29, 0.717) is 22.4 Å². The number of carbonyl (C=O) groups is 2. The van der Waals surface area contributed by atoms with Crippen molar-refractivity contribution in [1.29, 1.82) is 5.26 Å². The van der Waals surface area contributed by atoms with Crippen LogP contribution >= 0.6 is 0 Å². The Morgan fingerprint density at radius 3 is 2.20 bits per heavy atom. The number of hydrogen-bond acceptors (Lipinski definition) is 4. The van der Waals surface area contributed by atoms with Gasteiger partial charge in [-0.1, -0.05) is 42.0 Å². The number of rotatable bonds is 4. The molecule has 0 unspecified atom stereocenters. The van der Waals surface area contributed by atoms with Crippen LogP contribution in [0.5, 0.6) is 0 Å². The van der Waals surface area contributed by atoms with Gasteiger partial charge in [0.15, 0.2) is 0 Å². The lowest BCUT2D eigenvalue weighted by Crippen LogP contribution is -2.32. The van der Waals surface area contributed by atoms with Crippen molar-refractivity contribution in [1.82, 2.24) is 0 Å². The summed E-state index contributed by atoms with van der Waals surface area (Å²) in [4.78, 5) is 28.0. The molecule has 2 amide bonds. The molecule has 0 radical (unpaired) electrons. The van der Waals surface area contributed by atoms with E-state index in [0.717, 1.165) is 21.7 Å². The molecule has 0 atom stereocenters. The fourth-order valence-electron chi connectivity index (χ4n) is 3.58. The molecule has 146 valence electrons. The lowest BCUT2D eigenvalue weighted by Gasteiger charge is -2.15. The second-order valence-corrected chi connectivity index (χ2v) is 7.16. The Hall–Kier alpha value is -4.17. The number of amides is 2. The van der Waals surface area contributed by atoms with Crippen molar-refractivity contribution in [2.45, 2.75) is 13.8 Å². The van der Waals surface area contributed by atoms with E-state index in [1.165, 1.54) is 0 Å². The van der Waals surface area contributed by atoms with Crippen molar-refractivity contribution in [3.63, 3.8) is 0 Å². The van der Waals surface area contributed by atoms with Gasteiger partial charge in [-0.2, -0.15) is 5.26 Å². The second-order valence-electron chi connectivity index (χ2n) is 7.16. The first kappa shape index (κ1) is 19.2. The van der Waals surface area contributed by atoms with Gasteiger partial charge in [-0.15, -0.1) is 0 Å². The largest absolute Gasteiger partial charge is 0.350 e. The molecule has 0 saturated carbocycles. The van der Waals surface area contributed by atoms with Gasteiger partial charge in [0, 0.05) is 5.69 Å². The Labute approximate surface area is 174 Å². The average molecular weight is 393 g/mol. The summed E-state index contributed by atoms with van der Waals surface area (Å²) >= 11 is 0. The molecule has 1 heterocycles. The first-order chi connectivity index (χ1) is 14.5. The van der Waals surface area contributed by atoms with Gasteiger partial charge in [-0.05, 0) is 61.4 Å². The fourth-order valence-corrected chi connectivity index (χ4v) is 3.58. The van der Waals surface area contributed by atoms with Crippen LogP contribution in [0.4, 0.5) is 11.4 Å². The zero-order valence-corrected chi connectivity index (χ0v) is 16.6. The van der Waals surface area contributed by atoms with Gasteiger partial charge in [-0.25, -0.2) is 4.90 Å². The molecule has 1 aliphatic heterocycles. The van der Waals surface area contributed by atoms with Crippen LogP contribution < -0.4 is 10.2 Å². The summed E-state index contributed by atoms with van der Waals surface area (Å²) in [7, 11) is 0. The first-order valence-corrected chi connectivity index (χ1v) is 9.52. The van der Waals surface area contributed by atoms with Crippen LogP contribution in [0.25, 0.3) is 5.57 Å². The predicted molar refractivity (Wildman–Crippen MR) is 117 cm³/mol. The third-order valence-corrected chi connectivity index (χ3v) is 5.03. The minimum absolute atomic E-state index is 0.238. The van der Waals surface area contributed by atoms with E-state index in [9.17, 15) is 9.59 Å². The summed E-state index contributed by atoms with van der Waals surface area (Å²) < 4.78 is 0. The number of benzene rings is 3. The van der Waals surface area contributed by atoms with Gasteiger partial charge in [0.25, 0.3) is 11.8 Å². The number of carbonyl (C=O) groups excluding carboxylic acids is 2. The summed E-state index contributed by atoms with van der Waals surface area (Å²) in [5.74, 6) is -0.821. The zero-order chi connectivity index (χ0) is 21.3. The normalized spacial score (nSPS) is 13.6. The van der Waals surface area contributed by atoms with Crippen LogP contribution in [0.2, 0.25) is 0 Å². The first-order valence-electron chi connectivity index (χ1n) is 9.52. The van der Waals surface area contributed by atoms with E-state index < -0.39 is 11.8 Å². The Balaban J connectivity index is 1.84. The average Bonchev–Trinajstić information content (AvgIpc) is 2.99. The third kappa shape index (κ3) is 3.36. The molecule has 0 fully saturated rings. The standard InChI is InChI=1S/C25H19N3O2/c1-16-8-13-21(17(2)14-16)22-23(27-19-6-4-3-5-7-19)25(30)28(24(22)29)20-11-9-18(15-26)10-12-20/h3-14,27H,1-2H3. The van der Waals surface area contributed by atoms with Crippen LogP contribution in [-0.4, -0.2) is 11.8 Å². The van der Waals surface area contributed by atoms with Gasteiger partial charge in [-0.3, -0.25) is 9.59 Å². The number of para-hydroxylation sites is 1. The number of anilines is 2. The highest BCUT2D eigenvalue weighted by Gasteiger charge is 2.40. The molecule has 1 N–H and O–H groups in total. The maximum absolute atomic E-state index is 13.5. The SMILES string of the molecule is Cc1ccc(C2=C(Nc3ccccc3)C(=O)N(c3ccc(C#N)cc3)C2=O)c(C)c1. The van der Waals surface area contributed by atoms with Gasteiger partial charge in [0.1, 0.15) is 5.70 Å². The van der Waals surface area contributed by atoms with E-state index in [-0.39, 0.29) is 5.70 Å². The van der Waals surface area contributed by atoms with E-state index in [1.54, 1.807) is 24.3 Å². The molecule has 3 aromatic carbocycles. The molecular formula is C25H19N3O2. The summed E-state index contributed by atoms with van der Waals surface area (Å²) in [6.45, 7) is 3.91. The van der Waals surface area contributed by atoms with E-state index in [2.05, 4.69) is 5.32 Å². The predicted octanol–water partition coefficient (Wildman–Crippen LogP) is 4.57. The van der Waals surface area contributed by atoms with E-state index in [4.69, 9.17) is 5.26 Å². The van der Waals surface area contributed by atoms with Crippen LogP contribution in [0, 0.1) is 25.2 Å². The van der Waals surface area contributed by atoms with Crippen LogP contribution in [0.15, 0.2) is 78.5 Å². The van der Waals surface area contributed by atoms with Crippen molar-refractivity contribution < 1.29 is 9.59 Å². The maximum atomic E-state index is 13.5. The van der Waals surface area contributed by atoms with Crippen LogP contribution in [0.1, 0.15) is 22.3 Å². The van der Waals surface area contributed by atoms with Crippen molar-refractivity contribution in [3.8, 4) is 6.07 Å². The molecule has 30 heavy (non-hydrogen) atoms. The smallest absolute Gasteiger partial charge is 0.282 e. The van der Waals surface area contributed by atoms with Gasteiger partial charge in [0.2, 0.25) is 0 Å². The number of nitriles is 1. The molecule has 5 heteroatoms. The van der Waals surface area contributed by atoms with Gasteiger partial charge >= 0.3 is 0 Å². The van der Waals surface area contributed by atoms with Gasteiger partial charge in [0.05, 0.1) is 22.9 Å². The molecule has 5 nitrogen and oxygen atoms in total. The Morgan fingerprint density at radius 2 is 1.57 bits per heavy atom. The lowest BCUT2D eigenvalue weighted by atomic mass is 9.97. The molecule has 0 aromatic heterocycles. The number of nitrogens with one attached hydrogen (secondary N) is 1. The van der Waals surface area contributed by atoms with Crippen LogP contribution in [-0.2, 0) is 9.59 Å². The summed E-state index contributed by atoms with van der Waals surface area (Å²) in [6, 6.07) is 23.5. The molecule has 4 rings (SSSR count). The zero-order valence-electron chi connectivity index (χ0n) is 16.6. The van der Waals surface area contributed by atoms with Crippen LogP contribution in [0.3, 0.4) is 0 Å². The van der Waals surface area contributed by atoms with Crippen molar-refractivity contribution in [2.24, 2.45) is 0 Å². The Bertz CT molecular complexity index is 1220. The van der Waals surface area contributed by atoms with E-state index in [1.807, 2.05) is 68.4 Å². The Kier molecular flexibility index (Phi) is 4.91. The highest BCUT2D eigenvalue weighted by Crippen LogP contribution is 2.35. The number of nitrogens with zero attached hydrogens (tertiary/aromatic N) is 2. The van der Waals surface area contributed by atoms with E-state index >= 15 is 0 Å². The molecular weight excluding hydrogens is 374 g/mol. The second kappa shape index (κ2) is 7.69. The molecule has 0 saturated heterocycles. The quantitative estimate of drug-likeness (QED) is 0.659. The fraction of sp³-hybridized carbons (Fsp3) is 0.0800. The number of hydrogen-bond donors (Lipinski definition) is 1. The minimum Gasteiger partial charge on any atom is -0.350 e. The number of aryl methyl sites for hydroxylation is 2. The topological polar surface area (TPSA) is 73.2 Å². The lowest BCUT2D eigenvalue weighted by molar-refractivity contribution is -0.120. The molecule has 0 spiro atoms. The highest BCUT2D eigenvalue weighted by atomic mass is 16.2. The molecule has 3 aromatic rings.